The normalized spacial score (nSPS) is 28.8. The van der Waals surface area contributed by atoms with Crippen molar-refractivity contribution in [2.45, 2.75) is 32.4 Å². The number of nitrogens with zero attached hydrogens (tertiary/aromatic N) is 2. The second kappa shape index (κ2) is 6.03. The van der Waals surface area contributed by atoms with E-state index in [1.165, 1.54) is 43.6 Å². The summed E-state index contributed by atoms with van der Waals surface area (Å²) in [6.07, 6.45) is 2.66. The highest BCUT2D eigenvalue weighted by atomic mass is 16.4. The zero-order valence-electron chi connectivity index (χ0n) is 12.5. The van der Waals surface area contributed by atoms with Crippen molar-refractivity contribution in [3.63, 3.8) is 0 Å². The molecular formula is C16H24N4O. The largest absolute Gasteiger partial charge is 0.409 e. The summed E-state index contributed by atoms with van der Waals surface area (Å²) in [5, 5.41) is 15.5. The topological polar surface area (TPSA) is 73.9 Å². The Morgan fingerprint density at radius 1 is 1.43 bits per heavy atom. The molecule has 3 saturated heterocycles. The molecule has 0 amide bonds. The molecule has 3 aliphatic heterocycles. The lowest BCUT2D eigenvalue weighted by Crippen LogP contribution is -2.55. The van der Waals surface area contributed by atoms with Crippen LogP contribution in [0.25, 0.3) is 0 Å². The summed E-state index contributed by atoms with van der Waals surface area (Å²) >= 11 is 0. The van der Waals surface area contributed by atoms with Crippen LogP contribution < -0.4 is 11.1 Å². The summed E-state index contributed by atoms with van der Waals surface area (Å²) in [4.78, 5) is 2.56. The van der Waals surface area contributed by atoms with Gasteiger partial charge < -0.3 is 21.2 Å². The molecule has 3 fully saturated rings. The number of rotatable bonds is 4. The molecule has 0 aliphatic carbocycles. The maximum Gasteiger partial charge on any atom is 0.170 e. The summed E-state index contributed by atoms with van der Waals surface area (Å²) in [5.41, 5.74) is 8.84. The van der Waals surface area contributed by atoms with Crippen molar-refractivity contribution in [2.24, 2.45) is 16.8 Å². The molecule has 114 valence electrons. The fraction of sp³-hybridized carbons (Fsp3) is 0.562. The molecule has 5 heteroatoms. The van der Waals surface area contributed by atoms with E-state index < -0.39 is 0 Å². The van der Waals surface area contributed by atoms with E-state index in [0.29, 0.717) is 6.04 Å². The van der Waals surface area contributed by atoms with Gasteiger partial charge in [-0.25, -0.2) is 0 Å². The fourth-order valence-corrected chi connectivity index (χ4v) is 3.55. The fourth-order valence-electron chi connectivity index (χ4n) is 3.55. The number of aryl methyl sites for hydroxylation is 1. The van der Waals surface area contributed by atoms with Crippen LogP contribution in [0.2, 0.25) is 0 Å². The lowest BCUT2D eigenvalue weighted by atomic mass is 9.84. The Morgan fingerprint density at radius 3 is 2.76 bits per heavy atom. The Balaban J connectivity index is 1.63. The van der Waals surface area contributed by atoms with Crippen LogP contribution in [-0.2, 0) is 6.54 Å². The van der Waals surface area contributed by atoms with E-state index in [-0.39, 0.29) is 5.84 Å². The van der Waals surface area contributed by atoms with Crippen molar-refractivity contribution >= 4 is 5.84 Å². The Hall–Kier alpha value is -1.59. The van der Waals surface area contributed by atoms with Crippen LogP contribution >= 0.6 is 0 Å². The minimum Gasteiger partial charge on any atom is -0.409 e. The van der Waals surface area contributed by atoms with Crippen LogP contribution in [0.4, 0.5) is 0 Å². The highest BCUT2D eigenvalue weighted by molar-refractivity contribution is 5.97. The van der Waals surface area contributed by atoms with E-state index in [0.717, 1.165) is 18.0 Å². The second-order valence-electron chi connectivity index (χ2n) is 6.25. The number of piperidine rings is 3. The maximum absolute atomic E-state index is 8.73. The third-order valence-corrected chi connectivity index (χ3v) is 4.96. The van der Waals surface area contributed by atoms with E-state index in [2.05, 4.69) is 28.4 Å². The molecule has 4 rings (SSSR count). The average Bonchev–Trinajstić information content (AvgIpc) is 2.54. The first-order valence-corrected chi connectivity index (χ1v) is 7.70. The molecule has 5 nitrogen and oxygen atoms in total. The highest BCUT2D eigenvalue weighted by Crippen LogP contribution is 2.27. The van der Waals surface area contributed by atoms with Crippen molar-refractivity contribution in [3.05, 3.63) is 34.9 Å². The number of amidine groups is 1. The number of hydrogen-bond acceptors (Lipinski definition) is 4. The Kier molecular flexibility index (Phi) is 4.12. The summed E-state index contributed by atoms with van der Waals surface area (Å²) < 4.78 is 0. The quantitative estimate of drug-likeness (QED) is 0.338. The van der Waals surface area contributed by atoms with Crippen LogP contribution in [-0.4, -0.2) is 41.6 Å². The van der Waals surface area contributed by atoms with Gasteiger partial charge in [0, 0.05) is 24.7 Å². The Bertz CT molecular complexity index is 535. The van der Waals surface area contributed by atoms with Crippen molar-refractivity contribution in [3.8, 4) is 0 Å². The van der Waals surface area contributed by atoms with Gasteiger partial charge in [0.05, 0.1) is 0 Å². The first-order valence-electron chi connectivity index (χ1n) is 7.70. The monoisotopic (exact) mass is 288 g/mol. The zero-order chi connectivity index (χ0) is 14.8. The minimum absolute atomic E-state index is 0.162. The van der Waals surface area contributed by atoms with Crippen molar-refractivity contribution in [2.75, 3.05) is 19.6 Å². The molecule has 4 N–H and O–H groups in total. The molecule has 1 atom stereocenters. The smallest absolute Gasteiger partial charge is 0.170 e. The van der Waals surface area contributed by atoms with Crippen LogP contribution in [0.5, 0.6) is 0 Å². The van der Waals surface area contributed by atoms with Crippen molar-refractivity contribution < 1.29 is 5.21 Å². The number of oxime groups is 1. The number of hydrogen-bond donors (Lipinski definition) is 3. The van der Waals surface area contributed by atoms with Crippen molar-refractivity contribution in [1.82, 2.24) is 10.2 Å². The van der Waals surface area contributed by atoms with Gasteiger partial charge in [-0.2, -0.15) is 0 Å². The number of benzene rings is 1. The van der Waals surface area contributed by atoms with Crippen LogP contribution in [0.15, 0.2) is 23.4 Å². The molecule has 3 aliphatic rings. The minimum atomic E-state index is 0.162. The molecule has 0 spiro atoms. The summed E-state index contributed by atoms with van der Waals surface area (Å²) in [6.45, 7) is 6.69. The summed E-state index contributed by atoms with van der Waals surface area (Å²) in [6, 6.07) is 6.57. The van der Waals surface area contributed by atoms with Gasteiger partial charge in [-0.3, -0.25) is 0 Å². The molecule has 0 aromatic heterocycles. The summed E-state index contributed by atoms with van der Waals surface area (Å²) in [5.74, 6) is 1.00. The van der Waals surface area contributed by atoms with Gasteiger partial charge in [0.2, 0.25) is 0 Å². The van der Waals surface area contributed by atoms with Crippen molar-refractivity contribution in [1.29, 1.82) is 0 Å². The predicted molar refractivity (Wildman–Crippen MR) is 83.5 cm³/mol. The van der Waals surface area contributed by atoms with E-state index in [9.17, 15) is 0 Å². The predicted octanol–water partition coefficient (Wildman–Crippen LogP) is 1.27. The Labute approximate surface area is 125 Å². The highest BCUT2D eigenvalue weighted by Gasteiger charge is 2.33. The van der Waals surface area contributed by atoms with E-state index in [1.54, 1.807) is 0 Å². The first kappa shape index (κ1) is 14.4. The van der Waals surface area contributed by atoms with Gasteiger partial charge in [-0.15, -0.1) is 0 Å². The van der Waals surface area contributed by atoms with Gasteiger partial charge in [-0.1, -0.05) is 17.3 Å². The standard InChI is InChI=1S/C16H24N4O/c1-11-8-13(16(17)19-21)2-3-14(11)9-18-15-10-20-6-4-12(15)5-7-20/h2-3,8,12,15,18,21H,4-7,9-10H2,1H3,(H2,17,19). The molecule has 3 heterocycles. The van der Waals surface area contributed by atoms with Gasteiger partial charge in [0.25, 0.3) is 0 Å². The van der Waals surface area contributed by atoms with Crippen LogP contribution in [0.1, 0.15) is 29.5 Å². The Morgan fingerprint density at radius 2 is 2.19 bits per heavy atom. The molecular weight excluding hydrogens is 264 g/mol. The van der Waals surface area contributed by atoms with E-state index in [4.69, 9.17) is 10.9 Å². The molecule has 1 aromatic carbocycles. The number of nitrogens with two attached hydrogens (primary N) is 1. The van der Waals surface area contributed by atoms with Crippen LogP contribution in [0, 0.1) is 12.8 Å². The molecule has 0 radical (unpaired) electrons. The van der Waals surface area contributed by atoms with Gasteiger partial charge in [0.1, 0.15) is 0 Å². The molecule has 2 bridgehead atoms. The van der Waals surface area contributed by atoms with Gasteiger partial charge >= 0.3 is 0 Å². The zero-order valence-corrected chi connectivity index (χ0v) is 12.5. The molecule has 21 heavy (non-hydrogen) atoms. The van der Waals surface area contributed by atoms with Gasteiger partial charge in [0.15, 0.2) is 5.84 Å². The number of fused-ring (bicyclic) bond motifs is 3. The molecule has 0 saturated carbocycles. The second-order valence-corrected chi connectivity index (χ2v) is 6.25. The van der Waals surface area contributed by atoms with E-state index in [1.807, 2.05) is 12.1 Å². The summed E-state index contributed by atoms with van der Waals surface area (Å²) in [7, 11) is 0. The lowest BCUT2D eigenvalue weighted by Gasteiger charge is -2.45. The third-order valence-electron chi connectivity index (χ3n) is 4.96. The average molecular weight is 288 g/mol. The SMILES string of the molecule is Cc1cc(/C(N)=N/O)ccc1CNC1CN2CCC1CC2. The van der Waals surface area contributed by atoms with Gasteiger partial charge in [-0.05, 0) is 56.0 Å². The molecule has 1 unspecified atom stereocenters. The van der Waals surface area contributed by atoms with E-state index >= 15 is 0 Å². The third kappa shape index (κ3) is 3.04. The first-order chi connectivity index (χ1) is 10.2. The maximum atomic E-state index is 8.73. The molecule has 1 aromatic rings. The van der Waals surface area contributed by atoms with Crippen LogP contribution in [0.3, 0.4) is 0 Å². The lowest BCUT2D eigenvalue weighted by molar-refractivity contribution is 0.0720. The number of nitrogens with one attached hydrogen (secondary N) is 1.